The molecule has 1 aliphatic heterocycles. The Hall–Kier alpha value is -2.55. The van der Waals surface area contributed by atoms with Gasteiger partial charge in [0, 0.05) is 23.6 Å². The summed E-state index contributed by atoms with van der Waals surface area (Å²) in [6.45, 7) is 5.75. The zero-order valence-corrected chi connectivity index (χ0v) is 14.7. The molecular formula is C19H23N3O3. The molecule has 1 aromatic rings. The van der Waals surface area contributed by atoms with Gasteiger partial charge in [0.15, 0.2) is 0 Å². The summed E-state index contributed by atoms with van der Waals surface area (Å²) in [5.74, 6) is 0.233. The molecule has 3 atom stereocenters. The largest absolute Gasteiger partial charge is 0.465 e. The van der Waals surface area contributed by atoms with Crippen LogP contribution in [0.25, 0.3) is 0 Å². The molecule has 2 N–H and O–H groups in total. The second kappa shape index (κ2) is 6.40. The molecule has 1 aliphatic carbocycles. The number of carbonyl (C=O) groups is 2. The number of anilines is 1. The molecule has 1 heterocycles. The van der Waals surface area contributed by atoms with E-state index in [1.54, 1.807) is 18.2 Å². The fraction of sp³-hybridized carbons (Fsp3) is 0.526. The van der Waals surface area contributed by atoms with Crippen molar-refractivity contribution in [3.63, 3.8) is 0 Å². The third kappa shape index (κ3) is 3.07. The average molecular weight is 341 g/mol. The number of rotatable bonds is 3. The summed E-state index contributed by atoms with van der Waals surface area (Å²) in [6.07, 6.45) is 1.02. The summed E-state index contributed by atoms with van der Waals surface area (Å²) in [5.41, 5.74) is 1.90. The monoisotopic (exact) mass is 341 g/mol. The molecule has 2 amide bonds. The standard InChI is InChI=1S/C19H23N3O3/c1-10(2)18(23)22-15-7-4-12(9-20)8-14(15)16(21-19(24)25)11(3)17(22)13-5-6-13/h4,7-8,10-11,13,16-17,21H,5-6H2,1-3H3,(H,24,25)/t11-,16-,17-/m1/s1. The van der Waals surface area contributed by atoms with Crippen LogP contribution in [0.5, 0.6) is 0 Å². The molecule has 0 radical (unpaired) electrons. The van der Waals surface area contributed by atoms with Crippen molar-refractivity contribution in [2.24, 2.45) is 17.8 Å². The van der Waals surface area contributed by atoms with Gasteiger partial charge in [-0.2, -0.15) is 5.26 Å². The number of nitrogens with zero attached hydrogens (tertiary/aromatic N) is 2. The number of carbonyl (C=O) groups excluding carboxylic acids is 1. The fourth-order valence-corrected chi connectivity index (χ4v) is 3.93. The highest BCUT2D eigenvalue weighted by Crippen LogP contribution is 2.49. The Morgan fingerprint density at radius 1 is 1.36 bits per heavy atom. The zero-order chi connectivity index (χ0) is 18.3. The Morgan fingerprint density at radius 2 is 2.04 bits per heavy atom. The highest BCUT2D eigenvalue weighted by Gasteiger charge is 2.48. The van der Waals surface area contributed by atoms with Crippen molar-refractivity contribution in [1.29, 1.82) is 5.26 Å². The van der Waals surface area contributed by atoms with E-state index in [9.17, 15) is 20.0 Å². The maximum absolute atomic E-state index is 13.0. The van der Waals surface area contributed by atoms with Gasteiger partial charge in [-0.05, 0) is 42.5 Å². The lowest BCUT2D eigenvalue weighted by Gasteiger charge is -2.46. The molecule has 1 aromatic carbocycles. The first kappa shape index (κ1) is 17.3. The quantitative estimate of drug-likeness (QED) is 0.882. The average Bonchev–Trinajstić information content (AvgIpc) is 3.40. The molecule has 2 aliphatic rings. The van der Waals surface area contributed by atoms with Gasteiger partial charge in [-0.1, -0.05) is 20.8 Å². The van der Waals surface area contributed by atoms with E-state index >= 15 is 0 Å². The van der Waals surface area contributed by atoms with Crippen molar-refractivity contribution in [2.45, 2.75) is 45.7 Å². The highest BCUT2D eigenvalue weighted by molar-refractivity contribution is 5.97. The number of fused-ring (bicyclic) bond motifs is 1. The van der Waals surface area contributed by atoms with Crippen LogP contribution in [0, 0.1) is 29.1 Å². The predicted octanol–water partition coefficient (Wildman–Crippen LogP) is 3.28. The Bertz CT molecular complexity index is 749. The summed E-state index contributed by atoms with van der Waals surface area (Å²) in [7, 11) is 0. The third-order valence-electron chi connectivity index (χ3n) is 5.23. The summed E-state index contributed by atoms with van der Waals surface area (Å²) in [5, 5.41) is 21.1. The van der Waals surface area contributed by atoms with Crippen LogP contribution in [-0.4, -0.2) is 23.1 Å². The predicted molar refractivity (Wildman–Crippen MR) is 93.1 cm³/mol. The molecule has 0 bridgehead atoms. The molecule has 132 valence electrons. The van der Waals surface area contributed by atoms with Crippen molar-refractivity contribution in [2.75, 3.05) is 4.90 Å². The van der Waals surface area contributed by atoms with Gasteiger partial charge in [-0.3, -0.25) is 4.79 Å². The summed E-state index contributed by atoms with van der Waals surface area (Å²) in [4.78, 5) is 26.2. The minimum Gasteiger partial charge on any atom is -0.465 e. The molecule has 6 heteroatoms. The van der Waals surface area contributed by atoms with Crippen LogP contribution in [0.3, 0.4) is 0 Å². The Kier molecular flexibility index (Phi) is 4.42. The van der Waals surface area contributed by atoms with E-state index in [1.807, 2.05) is 25.7 Å². The first-order valence-corrected chi connectivity index (χ1v) is 8.71. The number of nitriles is 1. The molecule has 3 rings (SSSR count). The Morgan fingerprint density at radius 3 is 2.56 bits per heavy atom. The van der Waals surface area contributed by atoms with E-state index in [2.05, 4.69) is 11.4 Å². The molecule has 0 spiro atoms. The van der Waals surface area contributed by atoms with Gasteiger partial charge in [0.2, 0.25) is 5.91 Å². The zero-order valence-electron chi connectivity index (χ0n) is 14.7. The van der Waals surface area contributed by atoms with E-state index in [1.165, 1.54) is 0 Å². The van der Waals surface area contributed by atoms with Crippen LogP contribution >= 0.6 is 0 Å². The van der Waals surface area contributed by atoms with E-state index in [4.69, 9.17) is 0 Å². The van der Waals surface area contributed by atoms with Crippen molar-refractivity contribution >= 4 is 17.7 Å². The fourth-order valence-electron chi connectivity index (χ4n) is 3.93. The van der Waals surface area contributed by atoms with Crippen molar-refractivity contribution in [1.82, 2.24) is 5.32 Å². The van der Waals surface area contributed by atoms with Crippen LogP contribution in [0.2, 0.25) is 0 Å². The topological polar surface area (TPSA) is 93.4 Å². The SMILES string of the molecule is CC(C)C(=O)N1c2ccc(C#N)cc2[C@H](NC(=O)O)[C@@H](C)[C@@H]1C1CC1. The molecule has 1 fully saturated rings. The minimum absolute atomic E-state index is 0.0211. The van der Waals surface area contributed by atoms with Gasteiger partial charge in [0.1, 0.15) is 0 Å². The normalized spacial score (nSPS) is 25.2. The number of carboxylic acid groups (broad SMARTS) is 1. The Labute approximate surface area is 147 Å². The van der Waals surface area contributed by atoms with Crippen LogP contribution in [0.15, 0.2) is 18.2 Å². The van der Waals surface area contributed by atoms with Crippen molar-refractivity contribution in [3.8, 4) is 6.07 Å². The Balaban J connectivity index is 2.16. The van der Waals surface area contributed by atoms with E-state index in [0.29, 0.717) is 17.0 Å². The van der Waals surface area contributed by atoms with E-state index in [0.717, 1.165) is 18.5 Å². The van der Waals surface area contributed by atoms with Gasteiger partial charge < -0.3 is 15.3 Å². The first-order chi connectivity index (χ1) is 11.8. The molecule has 1 saturated carbocycles. The number of hydrogen-bond donors (Lipinski definition) is 2. The van der Waals surface area contributed by atoms with Gasteiger partial charge in [-0.15, -0.1) is 0 Å². The van der Waals surface area contributed by atoms with E-state index < -0.39 is 12.1 Å². The maximum Gasteiger partial charge on any atom is 0.405 e. The van der Waals surface area contributed by atoms with Crippen molar-refractivity contribution < 1.29 is 14.7 Å². The highest BCUT2D eigenvalue weighted by atomic mass is 16.4. The van der Waals surface area contributed by atoms with Crippen LogP contribution in [0.4, 0.5) is 10.5 Å². The number of hydrogen-bond acceptors (Lipinski definition) is 3. The van der Waals surface area contributed by atoms with Crippen LogP contribution in [0.1, 0.15) is 50.8 Å². The van der Waals surface area contributed by atoms with Crippen LogP contribution < -0.4 is 10.2 Å². The summed E-state index contributed by atoms with van der Waals surface area (Å²) in [6, 6.07) is 6.83. The molecular weight excluding hydrogens is 318 g/mol. The van der Waals surface area contributed by atoms with Crippen molar-refractivity contribution in [3.05, 3.63) is 29.3 Å². The lowest BCUT2D eigenvalue weighted by Crippen LogP contribution is -2.54. The summed E-state index contributed by atoms with van der Waals surface area (Å²) < 4.78 is 0. The smallest absolute Gasteiger partial charge is 0.405 e. The van der Waals surface area contributed by atoms with E-state index in [-0.39, 0.29) is 23.8 Å². The van der Waals surface area contributed by atoms with Gasteiger partial charge >= 0.3 is 6.09 Å². The van der Waals surface area contributed by atoms with Crippen LogP contribution in [-0.2, 0) is 4.79 Å². The molecule has 0 saturated heterocycles. The lowest BCUT2D eigenvalue weighted by molar-refractivity contribution is -0.122. The third-order valence-corrected chi connectivity index (χ3v) is 5.23. The van der Waals surface area contributed by atoms with Gasteiger partial charge in [0.05, 0.1) is 17.7 Å². The maximum atomic E-state index is 13.0. The minimum atomic E-state index is -1.09. The second-order valence-electron chi connectivity index (χ2n) is 7.36. The molecule has 0 unspecified atom stereocenters. The molecule has 25 heavy (non-hydrogen) atoms. The molecule has 6 nitrogen and oxygen atoms in total. The molecule has 0 aromatic heterocycles. The number of nitrogens with one attached hydrogen (secondary N) is 1. The summed E-state index contributed by atoms with van der Waals surface area (Å²) >= 11 is 0. The lowest BCUT2D eigenvalue weighted by atomic mass is 9.79. The number of benzene rings is 1. The second-order valence-corrected chi connectivity index (χ2v) is 7.36. The number of amides is 2. The van der Waals surface area contributed by atoms with Gasteiger partial charge in [-0.25, -0.2) is 4.79 Å². The first-order valence-electron chi connectivity index (χ1n) is 8.71. The van der Waals surface area contributed by atoms with Gasteiger partial charge in [0.25, 0.3) is 0 Å².